The predicted octanol–water partition coefficient (Wildman–Crippen LogP) is 2.74. The van der Waals surface area contributed by atoms with E-state index in [0.29, 0.717) is 0 Å². The predicted molar refractivity (Wildman–Crippen MR) is 103 cm³/mol. The molecule has 2 aliphatic heterocycles. The van der Waals surface area contributed by atoms with Gasteiger partial charge in [0.15, 0.2) is 0 Å². The molecular weight excluding hydrogens is 348 g/mol. The molecule has 150 valence electrons. The Labute approximate surface area is 160 Å². The second kappa shape index (κ2) is 8.17. The number of carboxylic acid groups (broad SMARTS) is 2. The number of hydrogen-bond donors (Lipinski definition) is 3. The third-order valence-corrected chi connectivity index (χ3v) is 5.26. The van der Waals surface area contributed by atoms with Crippen molar-refractivity contribution in [1.82, 2.24) is 4.90 Å². The summed E-state index contributed by atoms with van der Waals surface area (Å²) in [5, 5.41) is 14.8. The largest absolute Gasteiger partial charge is 0.487 e. The maximum atomic E-state index is 9.10. The number of nitrogen functional groups attached to an aromatic ring is 1. The van der Waals surface area contributed by atoms with Crippen LogP contribution in [-0.4, -0.2) is 45.7 Å². The van der Waals surface area contributed by atoms with Gasteiger partial charge in [0.25, 0.3) is 0 Å². The number of carboxylic acids is 2. The average molecular weight is 378 g/mol. The second-order valence-corrected chi connectivity index (χ2v) is 7.94. The molecule has 0 amide bonds. The first-order chi connectivity index (χ1) is 12.5. The van der Waals surface area contributed by atoms with Gasteiger partial charge in [-0.15, -0.1) is 0 Å². The third-order valence-electron chi connectivity index (χ3n) is 5.26. The Kier molecular flexibility index (Phi) is 6.36. The van der Waals surface area contributed by atoms with Gasteiger partial charge in [-0.1, -0.05) is 6.42 Å². The van der Waals surface area contributed by atoms with Crippen LogP contribution in [0.1, 0.15) is 55.4 Å². The SMILES string of the molecule is Cc1c(N)c(C)c2c(c1CN1CCCCC1)OC(C)(C)C2.O=C(O)C(=O)O. The van der Waals surface area contributed by atoms with E-state index in [1.54, 1.807) is 0 Å². The summed E-state index contributed by atoms with van der Waals surface area (Å²) in [6.45, 7) is 12.0. The van der Waals surface area contributed by atoms with Crippen LogP contribution in [0.3, 0.4) is 0 Å². The summed E-state index contributed by atoms with van der Waals surface area (Å²) in [7, 11) is 0. The van der Waals surface area contributed by atoms with E-state index in [2.05, 4.69) is 32.6 Å². The minimum absolute atomic E-state index is 0.107. The summed E-state index contributed by atoms with van der Waals surface area (Å²) in [5.41, 5.74) is 12.3. The number of likely N-dealkylation sites (tertiary alicyclic amines) is 1. The van der Waals surface area contributed by atoms with Crippen LogP contribution < -0.4 is 10.5 Å². The maximum Gasteiger partial charge on any atom is 0.414 e. The summed E-state index contributed by atoms with van der Waals surface area (Å²) in [6, 6.07) is 0. The van der Waals surface area contributed by atoms with Gasteiger partial charge in [-0.05, 0) is 64.8 Å². The van der Waals surface area contributed by atoms with Gasteiger partial charge in [0.1, 0.15) is 11.4 Å². The first-order valence-corrected chi connectivity index (χ1v) is 9.31. The summed E-state index contributed by atoms with van der Waals surface area (Å²) in [4.78, 5) is 20.8. The minimum atomic E-state index is -1.82. The van der Waals surface area contributed by atoms with Gasteiger partial charge in [0.2, 0.25) is 0 Å². The number of piperidine rings is 1. The Morgan fingerprint density at radius 2 is 1.63 bits per heavy atom. The van der Waals surface area contributed by atoms with E-state index in [-0.39, 0.29) is 5.60 Å². The zero-order chi connectivity index (χ0) is 20.4. The molecule has 2 aliphatic rings. The summed E-state index contributed by atoms with van der Waals surface area (Å²) in [6.07, 6.45) is 4.96. The van der Waals surface area contributed by atoms with Crippen LogP contribution in [-0.2, 0) is 22.6 Å². The zero-order valence-corrected chi connectivity index (χ0v) is 16.6. The van der Waals surface area contributed by atoms with E-state index < -0.39 is 11.9 Å². The van der Waals surface area contributed by atoms with Crippen LogP contribution in [0, 0.1) is 13.8 Å². The number of aliphatic carboxylic acids is 2. The highest BCUT2D eigenvalue weighted by Crippen LogP contribution is 2.44. The van der Waals surface area contributed by atoms with Gasteiger partial charge in [0.05, 0.1) is 0 Å². The van der Waals surface area contributed by atoms with Crippen molar-refractivity contribution in [3.8, 4) is 5.75 Å². The van der Waals surface area contributed by atoms with Gasteiger partial charge in [-0.25, -0.2) is 9.59 Å². The highest BCUT2D eigenvalue weighted by Gasteiger charge is 2.35. The van der Waals surface area contributed by atoms with Crippen LogP contribution in [0.4, 0.5) is 5.69 Å². The van der Waals surface area contributed by atoms with Crippen molar-refractivity contribution in [2.75, 3.05) is 18.8 Å². The lowest BCUT2D eigenvalue weighted by Crippen LogP contribution is -2.30. The molecule has 1 fully saturated rings. The molecule has 3 rings (SSSR count). The first-order valence-electron chi connectivity index (χ1n) is 9.31. The van der Waals surface area contributed by atoms with Crippen LogP contribution in [0.5, 0.6) is 5.75 Å². The van der Waals surface area contributed by atoms with Crippen LogP contribution in [0.2, 0.25) is 0 Å². The molecule has 7 heteroatoms. The quantitative estimate of drug-likeness (QED) is 0.536. The molecule has 1 aromatic carbocycles. The van der Waals surface area contributed by atoms with E-state index >= 15 is 0 Å². The number of nitrogens with two attached hydrogens (primary N) is 1. The van der Waals surface area contributed by atoms with E-state index in [9.17, 15) is 0 Å². The number of anilines is 1. The second-order valence-electron chi connectivity index (χ2n) is 7.94. The molecule has 1 saturated heterocycles. The molecular formula is C20H30N2O5. The number of benzene rings is 1. The first kappa shape index (κ1) is 21.0. The normalized spacial score (nSPS) is 18.1. The fourth-order valence-corrected chi connectivity index (χ4v) is 3.73. The Morgan fingerprint density at radius 3 is 2.15 bits per heavy atom. The van der Waals surface area contributed by atoms with Crippen molar-refractivity contribution in [1.29, 1.82) is 0 Å². The molecule has 0 aromatic heterocycles. The van der Waals surface area contributed by atoms with Crippen molar-refractivity contribution >= 4 is 17.6 Å². The van der Waals surface area contributed by atoms with E-state index in [4.69, 9.17) is 30.3 Å². The lowest BCUT2D eigenvalue weighted by molar-refractivity contribution is -0.159. The Hall–Kier alpha value is -2.28. The van der Waals surface area contributed by atoms with E-state index in [1.807, 2.05) is 0 Å². The lowest BCUT2D eigenvalue weighted by Gasteiger charge is -2.29. The van der Waals surface area contributed by atoms with Gasteiger partial charge in [-0.3, -0.25) is 4.90 Å². The fourth-order valence-electron chi connectivity index (χ4n) is 3.73. The van der Waals surface area contributed by atoms with Gasteiger partial charge in [-0.2, -0.15) is 0 Å². The lowest BCUT2D eigenvalue weighted by atomic mass is 9.92. The molecule has 0 aliphatic carbocycles. The average Bonchev–Trinajstić information content (AvgIpc) is 2.94. The maximum absolute atomic E-state index is 9.10. The number of ether oxygens (including phenoxy) is 1. The Morgan fingerprint density at radius 1 is 1.07 bits per heavy atom. The molecule has 0 bridgehead atoms. The molecule has 0 spiro atoms. The number of carbonyl (C=O) groups is 2. The van der Waals surface area contributed by atoms with Gasteiger partial charge < -0.3 is 20.7 Å². The van der Waals surface area contributed by atoms with Crippen LogP contribution in [0.15, 0.2) is 0 Å². The Balaban J connectivity index is 0.000000380. The number of fused-ring (bicyclic) bond motifs is 1. The highest BCUT2D eigenvalue weighted by atomic mass is 16.5. The molecule has 27 heavy (non-hydrogen) atoms. The third kappa shape index (κ3) is 4.91. The monoisotopic (exact) mass is 378 g/mol. The summed E-state index contributed by atoms with van der Waals surface area (Å²) in [5.74, 6) is -2.53. The van der Waals surface area contributed by atoms with Gasteiger partial charge >= 0.3 is 11.9 Å². The van der Waals surface area contributed by atoms with Crippen LogP contribution in [0.25, 0.3) is 0 Å². The fraction of sp³-hybridized carbons (Fsp3) is 0.600. The van der Waals surface area contributed by atoms with E-state index in [0.717, 1.165) is 24.4 Å². The molecule has 0 radical (unpaired) electrons. The minimum Gasteiger partial charge on any atom is -0.487 e. The summed E-state index contributed by atoms with van der Waals surface area (Å²) < 4.78 is 6.30. The molecule has 0 atom stereocenters. The standard InChI is InChI=1S/C18H28N2O.C2H2O4/c1-12-14-10-18(3,4)21-17(14)15(13(2)16(12)19)11-20-8-6-5-7-9-20;3-1(4)2(5)6/h5-11,19H2,1-4H3;(H,3,4)(H,5,6). The molecule has 4 N–H and O–H groups in total. The topological polar surface area (TPSA) is 113 Å². The van der Waals surface area contributed by atoms with Crippen molar-refractivity contribution in [3.63, 3.8) is 0 Å². The van der Waals surface area contributed by atoms with Gasteiger partial charge in [0, 0.05) is 29.8 Å². The van der Waals surface area contributed by atoms with Crippen molar-refractivity contribution in [3.05, 3.63) is 22.3 Å². The van der Waals surface area contributed by atoms with E-state index in [1.165, 1.54) is 54.6 Å². The Bertz CT molecular complexity index is 725. The number of rotatable bonds is 2. The molecule has 7 nitrogen and oxygen atoms in total. The van der Waals surface area contributed by atoms with Crippen molar-refractivity contribution in [2.45, 2.75) is 65.5 Å². The van der Waals surface area contributed by atoms with Crippen LogP contribution >= 0.6 is 0 Å². The molecule has 0 saturated carbocycles. The molecule has 0 unspecified atom stereocenters. The zero-order valence-electron chi connectivity index (χ0n) is 16.6. The number of hydrogen-bond acceptors (Lipinski definition) is 5. The smallest absolute Gasteiger partial charge is 0.414 e. The molecule has 1 aromatic rings. The summed E-state index contributed by atoms with van der Waals surface area (Å²) >= 11 is 0. The highest BCUT2D eigenvalue weighted by molar-refractivity contribution is 6.27. The number of nitrogens with zero attached hydrogens (tertiary/aromatic N) is 1. The van der Waals surface area contributed by atoms with Crippen molar-refractivity contribution in [2.24, 2.45) is 0 Å². The van der Waals surface area contributed by atoms with Crippen molar-refractivity contribution < 1.29 is 24.5 Å². The molecule has 2 heterocycles.